The Morgan fingerprint density at radius 2 is 1.80 bits per heavy atom. The smallest absolute Gasteiger partial charge is 0.164 e. The van der Waals surface area contributed by atoms with Crippen molar-refractivity contribution < 1.29 is 14.6 Å². The SMILES string of the molecule is COc1cccc(C(=O)CCNCC(O)c2ccc(C(C)C)cc2)c1. The molecule has 0 radical (unpaired) electrons. The highest BCUT2D eigenvalue weighted by Crippen LogP contribution is 2.18. The normalized spacial score (nSPS) is 12.2. The molecule has 0 aromatic heterocycles. The Kier molecular flexibility index (Phi) is 7.16. The number of carbonyl (C=O) groups excluding carboxylic acids is 1. The predicted octanol–water partition coefficient (Wildman–Crippen LogP) is 3.71. The zero-order valence-electron chi connectivity index (χ0n) is 15.2. The van der Waals surface area contributed by atoms with E-state index in [9.17, 15) is 9.90 Å². The minimum Gasteiger partial charge on any atom is -0.497 e. The van der Waals surface area contributed by atoms with Crippen LogP contribution in [0.25, 0.3) is 0 Å². The lowest BCUT2D eigenvalue weighted by atomic mass is 10.00. The third kappa shape index (κ3) is 5.69. The van der Waals surface area contributed by atoms with E-state index in [0.29, 0.717) is 36.7 Å². The maximum Gasteiger partial charge on any atom is 0.164 e. The van der Waals surface area contributed by atoms with Gasteiger partial charge < -0.3 is 15.2 Å². The fraction of sp³-hybridized carbons (Fsp3) is 0.381. The van der Waals surface area contributed by atoms with Crippen molar-refractivity contribution in [1.29, 1.82) is 0 Å². The van der Waals surface area contributed by atoms with Crippen LogP contribution in [0.1, 0.15) is 53.8 Å². The van der Waals surface area contributed by atoms with Crippen LogP contribution in [-0.2, 0) is 0 Å². The summed E-state index contributed by atoms with van der Waals surface area (Å²) in [7, 11) is 1.58. The first-order chi connectivity index (χ1) is 12.0. The van der Waals surface area contributed by atoms with Gasteiger partial charge in [0.15, 0.2) is 5.78 Å². The van der Waals surface area contributed by atoms with E-state index in [1.165, 1.54) is 5.56 Å². The van der Waals surface area contributed by atoms with Gasteiger partial charge in [0.2, 0.25) is 0 Å². The van der Waals surface area contributed by atoms with Crippen molar-refractivity contribution in [1.82, 2.24) is 5.32 Å². The molecule has 0 bridgehead atoms. The number of hydrogen-bond acceptors (Lipinski definition) is 4. The standard InChI is InChI=1S/C21H27NO3/c1-15(2)16-7-9-17(10-8-16)21(24)14-22-12-11-20(23)18-5-4-6-19(13-18)25-3/h4-10,13,15,21-22,24H,11-12,14H2,1-3H3. The highest BCUT2D eigenvalue weighted by Gasteiger charge is 2.10. The van der Waals surface area contributed by atoms with Gasteiger partial charge in [-0.1, -0.05) is 50.2 Å². The minimum absolute atomic E-state index is 0.0576. The minimum atomic E-state index is -0.576. The van der Waals surface area contributed by atoms with Crippen LogP contribution in [0, 0.1) is 0 Å². The van der Waals surface area contributed by atoms with E-state index >= 15 is 0 Å². The molecular formula is C21H27NO3. The Morgan fingerprint density at radius 3 is 2.44 bits per heavy atom. The average molecular weight is 341 g/mol. The van der Waals surface area contributed by atoms with Crippen molar-refractivity contribution in [3.63, 3.8) is 0 Å². The first-order valence-corrected chi connectivity index (χ1v) is 8.67. The average Bonchev–Trinajstić information content (AvgIpc) is 2.64. The maximum absolute atomic E-state index is 12.2. The summed E-state index contributed by atoms with van der Waals surface area (Å²) < 4.78 is 5.13. The molecule has 1 unspecified atom stereocenters. The third-order valence-corrected chi connectivity index (χ3v) is 4.25. The second-order valence-electron chi connectivity index (χ2n) is 6.45. The molecule has 25 heavy (non-hydrogen) atoms. The molecule has 2 aromatic carbocycles. The summed E-state index contributed by atoms with van der Waals surface area (Å²) >= 11 is 0. The molecule has 4 nitrogen and oxygen atoms in total. The van der Waals surface area contributed by atoms with Crippen molar-refractivity contribution in [2.75, 3.05) is 20.2 Å². The van der Waals surface area contributed by atoms with E-state index in [0.717, 1.165) is 5.56 Å². The lowest BCUT2D eigenvalue weighted by Gasteiger charge is -2.13. The number of methoxy groups -OCH3 is 1. The number of benzene rings is 2. The molecule has 0 saturated carbocycles. The van der Waals surface area contributed by atoms with Crippen LogP contribution in [0.4, 0.5) is 0 Å². The number of nitrogens with one attached hydrogen (secondary N) is 1. The van der Waals surface area contributed by atoms with E-state index in [1.54, 1.807) is 19.2 Å². The van der Waals surface area contributed by atoms with E-state index in [2.05, 4.69) is 31.3 Å². The molecule has 1 atom stereocenters. The Balaban J connectivity index is 1.77. The zero-order valence-corrected chi connectivity index (χ0v) is 15.2. The molecule has 2 rings (SSSR count). The number of ether oxygens (including phenoxy) is 1. The highest BCUT2D eigenvalue weighted by molar-refractivity contribution is 5.96. The third-order valence-electron chi connectivity index (χ3n) is 4.25. The molecule has 0 aliphatic rings. The van der Waals surface area contributed by atoms with Crippen molar-refractivity contribution in [2.45, 2.75) is 32.3 Å². The number of aliphatic hydroxyl groups is 1. The van der Waals surface area contributed by atoms with E-state index in [1.807, 2.05) is 24.3 Å². The summed E-state index contributed by atoms with van der Waals surface area (Å²) in [5.74, 6) is 1.22. The summed E-state index contributed by atoms with van der Waals surface area (Å²) in [4.78, 5) is 12.2. The highest BCUT2D eigenvalue weighted by atomic mass is 16.5. The molecule has 134 valence electrons. The quantitative estimate of drug-likeness (QED) is 0.539. The summed E-state index contributed by atoms with van der Waals surface area (Å²) in [6, 6.07) is 15.2. The number of ketones is 1. The molecule has 2 aromatic rings. The van der Waals surface area contributed by atoms with Crippen LogP contribution in [0.15, 0.2) is 48.5 Å². The molecule has 0 saturated heterocycles. The van der Waals surface area contributed by atoms with Crippen LogP contribution in [0.5, 0.6) is 5.75 Å². The molecule has 2 N–H and O–H groups in total. The Labute approximate surface area is 149 Å². The fourth-order valence-electron chi connectivity index (χ4n) is 2.60. The lowest BCUT2D eigenvalue weighted by molar-refractivity contribution is 0.0979. The maximum atomic E-state index is 12.2. The van der Waals surface area contributed by atoms with Crippen LogP contribution in [0.2, 0.25) is 0 Å². The van der Waals surface area contributed by atoms with Crippen LogP contribution in [-0.4, -0.2) is 31.1 Å². The van der Waals surface area contributed by atoms with Gasteiger partial charge in [-0.15, -0.1) is 0 Å². The summed E-state index contributed by atoms with van der Waals surface area (Å²) in [5.41, 5.74) is 2.79. The van der Waals surface area contributed by atoms with Gasteiger partial charge in [-0.3, -0.25) is 4.79 Å². The molecular weight excluding hydrogens is 314 g/mol. The van der Waals surface area contributed by atoms with Crippen molar-refractivity contribution >= 4 is 5.78 Å². The van der Waals surface area contributed by atoms with Crippen LogP contribution >= 0.6 is 0 Å². The molecule has 4 heteroatoms. The fourth-order valence-corrected chi connectivity index (χ4v) is 2.60. The van der Waals surface area contributed by atoms with Gasteiger partial charge in [0.25, 0.3) is 0 Å². The molecule has 0 aliphatic heterocycles. The van der Waals surface area contributed by atoms with Crippen molar-refractivity contribution in [3.05, 3.63) is 65.2 Å². The van der Waals surface area contributed by atoms with Gasteiger partial charge in [-0.05, 0) is 29.2 Å². The molecule has 0 aliphatic carbocycles. The van der Waals surface area contributed by atoms with Gasteiger partial charge >= 0.3 is 0 Å². The van der Waals surface area contributed by atoms with Gasteiger partial charge in [0, 0.05) is 25.1 Å². The Hall–Kier alpha value is -2.17. The molecule has 0 fully saturated rings. The van der Waals surface area contributed by atoms with Crippen molar-refractivity contribution in [3.8, 4) is 5.75 Å². The lowest BCUT2D eigenvalue weighted by Crippen LogP contribution is -2.24. The first-order valence-electron chi connectivity index (χ1n) is 8.67. The van der Waals surface area contributed by atoms with Crippen LogP contribution < -0.4 is 10.1 Å². The number of rotatable bonds is 9. The second-order valence-corrected chi connectivity index (χ2v) is 6.45. The molecule has 0 spiro atoms. The summed E-state index contributed by atoms with van der Waals surface area (Å²) in [6.07, 6.45) is -0.195. The van der Waals surface area contributed by atoms with E-state index in [-0.39, 0.29) is 5.78 Å². The Bertz CT molecular complexity index is 680. The Morgan fingerprint density at radius 1 is 1.12 bits per heavy atom. The number of aliphatic hydroxyl groups excluding tert-OH is 1. The van der Waals surface area contributed by atoms with E-state index < -0.39 is 6.10 Å². The van der Waals surface area contributed by atoms with Gasteiger partial charge in [0.05, 0.1) is 13.2 Å². The van der Waals surface area contributed by atoms with Gasteiger partial charge in [-0.2, -0.15) is 0 Å². The largest absolute Gasteiger partial charge is 0.497 e. The van der Waals surface area contributed by atoms with Crippen molar-refractivity contribution in [2.24, 2.45) is 0 Å². The van der Waals surface area contributed by atoms with E-state index in [4.69, 9.17) is 4.74 Å². The van der Waals surface area contributed by atoms with Crippen LogP contribution in [0.3, 0.4) is 0 Å². The van der Waals surface area contributed by atoms with Gasteiger partial charge in [-0.25, -0.2) is 0 Å². The second kappa shape index (κ2) is 9.35. The summed E-state index contributed by atoms with van der Waals surface area (Å²) in [5, 5.41) is 13.4. The molecule has 0 heterocycles. The summed E-state index contributed by atoms with van der Waals surface area (Å²) in [6.45, 7) is 5.24. The number of carbonyl (C=O) groups is 1. The van der Waals surface area contributed by atoms with Gasteiger partial charge in [0.1, 0.15) is 5.75 Å². The zero-order chi connectivity index (χ0) is 18.2. The molecule has 0 amide bonds. The monoisotopic (exact) mass is 341 g/mol. The topological polar surface area (TPSA) is 58.6 Å². The first kappa shape index (κ1) is 19.2. The predicted molar refractivity (Wildman–Crippen MR) is 100 cm³/mol. The number of Topliss-reactive ketones (excluding diaryl/α,β-unsaturated/α-hetero) is 1. The number of hydrogen-bond donors (Lipinski definition) is 2.